The lowest BCUT2D eigenvalue weighted by Gasteiger charge is -2.27. The smallest absolute Gasteiger partial charge is 0.228 e. The van der Waals surface area contributed by atoms with Crippen molar-refractivity contribution in [2.45, 2.75) is 32.9 Å². The fraction of sp³-hybridized carbons (Fsp3) is 0.333. The predicted octanol–water partition coefficient (Wildman–Crippen LogP) is 4.49. The summed E-state index contributed by atoms with van der Waals surface area (Å²) in [5.74, 6) is -1.46. The summed E-state index contributed by atoms with van der Waals surface area (Å²) in [5.41, 5.74) is 1.48. The van der Waals surface area contributed by atoms with Crippen LogP contribution in [0.25, 0.3) is 0 Å². The molecule has 3 rings (SSSR count). The molecule has 0 bridgehead atoms. The van der Waals surface area contributed by atoms with Crippen molar-refractivity contribution >= 4 is 29.1 Å². The van der Waals surface area contributed by atoms with Crippen molar-refractivity contribution in [2.75, 3.05) is 5.32 Å². The van der Waals surface area contributed by atoms with E-state index in [0.29, 0.717) is 18.7 Å². The molecule has 1 saturated carbocycles. The molecule has 0 radical (unpaired) electrons. The van der Waals surface area contributed by atoms with Gasteiger partial charge in [0.2, 0.25) is 11.8 Å². The minimum absolute atomic E-state index is 0.00820. The van der Waals surface area contributed by atoms with E-state index >= 15 is 0 Å². The Morgan fingerprint density at radius 2 is 1.89 bits per heavy atom. The van der Waals surface area contributed by atoms with E-state index in [0.717, 1.165) is 5.56 Å². The van der Waals surface area contributed by atoms with Gasteiger partial charge in [-0.3, -0.25) is 9.59 Å². The summed E-state index contributed by atoms with van der Waals surface area (Å²) in [7, 11) is 0. The highest BCUT2D eigenvalue weighted by atomic mass is 35.5. The third kappa shape index (κ3) is 4.66. The molecule has 0 aromatic heterocycles. The van der Waals surface area contributed by atoms with Gasteiger partial charge in [0.1, 0.15) is 5.82 Å². The molecule has 2 amide bonds. The molecule has 6 heteroatoms. The molecular weight excluding hydrogens is 367 g/mol. The maximum atomic E-state index is 13.2. The Hall–Kier alpha value is -2.40. The molecule has 1 N–H and O–H groups in total. The molecule has 0 heterocycles. The summed E-state index contributed by atoms with van der Waals surface area (Å²) in [5, 5.41) is 2.66. The first-order chi connectivity index (χ1) is 12.9. The van der Waals surface area contributed by atoms with Gasteiger partial charge in [-0.1, -0.05) is 41.9 Å². The zero-order valence-corrected chi connectivity index (χ0v) is 16.0. The summed E-state index contributed by atoms with van der Waals surface area (Å²) in [6.45, 7) is 4.47. The Labute approximate surface area is 163 Å². The first-order valence-corrected chi connectivity index (χ1v) is 9.35. The summed E-state index contributed by atoms with van der Waals surface area (Å²) < 4.78 is 13.2. The van der Waals surface area contributed by atoms with Crippen molar-refractivity contribution in [3.63, 3.8) is 0 Å². The Balaban J connectivity index is 1.62. The average molecular weight is 389 g/mol. The minimum atomic E-state index is -0.539. The maximum absolute atomic E-state index is 13.2. The number of anilines is 1. The second-order valence-electron chi connectivity index (χ2n) is 7.11. The van der Waals surface area contributed by atoms with Crippen molar-refractivity contribution in [1.29, 1.82) is 0 Å². The molecule has 2 aromatic rings. The van der Waals surface area contributed by atoms with Gasteiger partial charge in [-0.25, -0.2) is 4.39 Å². The topological polar surface area (TPSA) is 49.4 Å². The van der Waals surface area contributed by atoms with Crippen molar-refractivity contribution < 1.29 is 14.0 Å². The summed E-state index contributed by atoms with van der Waals surface area (Å²) in [4.78, 5) is 27.1. The van der Waals surface area contributed by atoms with E-state index in [-0.39, 0.29) is 34.7 Å². The Morgan fingerprint density at radius 1 is 1.19 bits per heavy atom. The minimum Gasteiger partial charge on any atom is -0.336 e. The first kappa shape index (κ1) is 19.4. The maximum Gasteiger partial charge on any atom is 0.228 e. The van der Waals surface area contributed by atoms with Crippen LogP contribution in [0.3, 0.4) is 0 Å². The second-order valence-corrected chi connectivity index (χ2v) is 7.52. The van der Waals surface area contributed by atoms with E-state index in [1.165, 1.54) is 18.2 Å². The number of rotatable bonds is 6. The SMILES string of the molecule is CC(C)N(Cc1ccccc1)C(=O)C1CC1C(=O)Nc1ccc(F)c(Cl)c1. The molecule has 0 spiro atoms. The molecule has 142 valence electrons. The highest BCUT2D eigenvalue weighted by Gasteiger charge is 2.49. The van der Waals surface area contributed by atoms with E-state index < -0.39 is 5.82 Å². The predicted molar refractivity (Wildman–Crippen MR) is 104 cm³/mol. The van der Waals surface area contributed by atoms with E-state index in [4.69, 9.17) is 11.6 Å². The van der Waals surface area contributed by atoms with Gasteiger partial charge in [0.25, 0.3) is 0 Å². The lowest BCUT2D eigenvalue weighted by Crippen LogP contribution is -2.38. The molecule has 4 nitrogen and oxygen atoms in total. The van der Waals surface area contributed by atoms with E-state index in [1.807, 2.05) is 49.1 Å². The van der Waals surface area contributed by atoms with Gasteiger partial charge in [0.05, 0.1) is 16.9 Å². The van der Waals surface area contributed by atoms with Crippen molar-refractivity contribution in [3.05, 3.63) is 64.9 Å². The van der Waals surface area contributed by atoms with Crippen LogP contribution in [0, 0.1) is 17.7 Å². The van der Waals surface area contributed by atoms with Crippen molar-refractivity contribution in [1.82, 2.24) is 4.90 Å². The monoisotopic (exact) mass is 388 g/mol. The fourth-order valence-electron chi connectivity index (χ4n) is 3.07. The van der Waals surface area contributed by atoms with Crippen LogP contribution in [0.2, 0.25) is 5.02 Å². The van der Waals surface area contributed by atoms with Crippen LogP contribution in [0.1, 0.15) is 25.8 Å². The molecule has 27 heavy (non-hydrogen) atoms. The van der Waals surface area contributed by atoms with E-state index in [9.17, 15) is 14.0 Å². The van der Waals surface area contributed by atoms with Gasteiger partial charge in [-0.15, -0.1) is 0 Å². The molecule has 0 saturated heterocycles. The number of nitrogens with zero attached hydrogens (tertiary/aromatic N) is 1. The number of benzene rings is 2. The van der Waals surface area contributed by atoms with Crippen molar-refractivity contribution in [3.8, 4) is 0 Å². The number of nitrogens with one attached hydrogen (secondary N) is 1. The van der Waals surface area contributed by atoms with E-state index in [2.05, 4.69) is 5.32 Å². The number of carbonyl (C=O) groups is 2. The Kier molecular flexibility index (Phi) is 5.80. The van der Waals surface area contributed by atoms with Crippen LogP contribution in [0.4, 0.5) is 10.1 Å². The van der Waals surface area contributed by atoms with Crippen LogP contribution >= 0.6 is 11.6 Å². The van der Waals surface area contributed by atoms with Crippen molar-refractivity contribution in [2.24, 2.45) is 11.8 Å². The van der Waals surface area contributed by atoms with Crippen LogP contribution in [0.5, 0.6) is 0 Å². The van der Waals surface area contributed by atoms with Crippen LogP contribution in [-0.4, -0.2) is 22.8 Å². The zero-order chi connectivity index (χ0) is 19.6. The quantitative estimate of drug-likeness (QED) is 0.792. The van der Waals surface area contributed by atoms with E-state index in [1.54, 1.807) is 0 Å². The zero-order valence-electron chi connectivity index (χ0n) is 15.3. The van der Waals surface area contributed by atoms with Crippen LogP contribution in [-0.2, 0) is 16.1 Å². The lowest BCUT2D eigenvalue weighted by atomic mass is 10.1. The molecule has 1 fully saturated rings. The highest BCUT2D eigenvalue weighted by Crippen LogP contribution is 2.41. The molecule has 2 atom stereocenters. The first-order valence-electron chi connectivity index (χ1n) is 8.97. The largest absolute Gasteiger partial charge is 0.336 e. The van der Waals surface area contributed by atoms with Gasteiger partial charge in [-0.05, 0) is 44.0 Å². The second kappa shape index (κ2) is 8.09. The number of hydrogen-bond donors (Lipinski definition) is 1. The molecule has 1 aliphatic rings. The third-order valence-electron chi connectivity index (χ3n) is 4.73. The number of carbonyl (C=O) groups excluding carboxylic acids is 2. The van der Waals surface area contributed by atoms with Crippen LogP contribution < -0.4 is 5.32 Å². The van der Waals surface area contributed by atoms with Gasteiger partial charge in [0.15, 0.2) is 0 Å². The normalized spacial score (nSPS) is 18.3. The Morgan fingerprint density at radius 3 is 2.52 bits per heavy atom. The molecule has 0 aliphatic heterocycles. The number of amides is 2. The van der Waals surface area contributed by atoms with Gasteiger partial charge in [0, 0.05) is 18.3 Å². The molecular formula is C21H22ClFN2O2. The Bertz CT molecular complexity index is 841. The van der Waals surface area contributed by atoms with Gasteiger partial charge >= 0.3 is 0 Å². The van der Waals surface area contributed by atoms with Crippen LogP contribution in [0.15, 0.2) is 48.5 Å². The standard InChI is InChI=1S/C21H22ClFN2O2/c1-13(2)25(12-14-6-4-3-5-7-14)21(27)17-11-16(17)20(26)24-15-8-9-19(23)18(22)10-15/h3-10,13,16-17H,11-12H2,1-2H3,(H,24,26). The summed E-state index contributed by atoms with van der Waals surface area (Å²) in [6.07, 6.45) is 0.525. The van der Waals surface area contributed by atoms with Gasteiger partial charge < -0.3 is 10.2 Å². The summed E-state index contributed by atoms with van der Waals surface area (Å²) in [6, 6.07) is 13.9. The number of halogens is 2. The molecule has 2 unspecified atom stereocenters. The number of hydrogen-bond acceptors (Lipinski definition) is 2. The molecule has 2 aromatic carbocycles. The highest BCUT2D eigenvalue weighted by molar-refractivity contribution is 6.31. The van der Waals surface area contributed by atoms with Gasteiger partial charge in [-0.2, -0.15) is 0 Å². The lowest BCUT2D eigenvalue weighted by molar-refractivity contribution is -0.136. The summed E-state index contributed by atoms with van der Waals surface area (Å²) >= 11 is 5.74. The fourth-order valence-corrected chi connectivity index (χ4v) is 3.26. The molecule has 1 aliphatic carbocycles. The average Bonchev–Trinajstić information content (AvgIpc) is 3.44. The third-order valence-corrected chi connectivity index (χ3v) is 5.02.